The number of sulfonamides is 1. The van der Waals surface area contributed by atoms with E-state index in [0.717, 1.165) is 12.1 Å². The standard InChI is InChI=1S/C12H10FN3O4S/c13-11-7-10(4-5-12(11)16(17)18)21(19,20)15-8-9-3-1-2-6-14-9/h1-7,15H,8H2. The third-order valence-electron chi connectivity index (χ3n) is 2.60. The van der Waals surface area contributed by atoms with Crippen molar-refractivity contribution < 1.29 is 17.7 Å². The number of nitrogens with zero attached hydrogens (tertiary/aromatic N) is 2. The van der Waals surface area contributed by atoms with Gasteiger partial charge in [0.25, 0.3) is 0 Å². The van der Waals surface area contributed by atoms with Crippen LogP contribution in [0.2, 0.25) is 0 Å². The van der Waals surface area contributed by atoms with Gasteiger partial charge in [-0.25, -0.2) is 13.1 Å². The van der Waals surface area contributed by atoms with E-state index in [0.29, 0.717) is 11.8 Å². The molecule has 2 aromatic rings. The summed E-state index contributed by atoms with van der Waals surface area (Å²) in [4.78, 5) is 13.1. The van der Waals surface area contributed by atoms with Gasteiger partial charge in [0.1, 0.15) is 0 Å². The van der Waals surface area contributed by atoms with E-state index in [1.54, 1.807) is 18.2 Å². The van der Waals surface area contributed by atoms with Gasteiger partial charge in [-0.05, 0) is 18.2 Å². The summed E-state index contributed by atoms with van der Waals surface area (Å²) in [5.74, 6) is -1.21. The molecule has 0 radical (unpaired) electrons. The molecule has 0 fully saturated rings. The average molecular weight is 311 g/mol. The van der Waals surface area contributed by atoms with Crippen LogP contribution in [0.4, 0.5) is 10.1 Å². The number of hydrogen-bond acceptors (Lipinski definition) is 5. The number of rotatable bonds is 5. The number of hydrogen-bond donors (Lipinski definition) is 1. The summed E-state index contributed by atoms with van der Waals surface area (Å²) in [6, 6.07) is 7.40. The maximum atomic E-state index is 13.4. The van der Waals surface area contributed by atoms with Gasteiger partial charge in [0.05, 0.1) is 22.1 Å². The highest BCUT2D eigenvalue weighted by molar-refractivity contribution is 7.89. The van der Waals surface area contributed by atoms with E-state index in [9.17, 15) is 22.9 Å². The highest BCUT2D eigenvalue weighted by atomic mass is 32.2. The van der Waals surface area contributed by atoms with Crippen molar-refractivity contribution >= 4 is 15.7 Å². The average Bonchev–Trinajstić information content (AvgIpc) is 2.46. The molecule has 0 spiro atoms. The molecular formula is C12H10FN3O4S. The van der Waals surface area contributed by atoms with Crippen LogP contribution in [0.1, 0.15) is 5.69 Å². The van der Waals surface area contributed by atoms with Crippen molar-refractivity contribution in [2.45, 2.75) is 11.4 Å². The molecule has 7 nitrogen and oxygen atoms in total. The van der Waals surface area contributed by atoms with E-state index >= 15 is 0 Å². The second-order valence-corrected chi connectivity index (χ2v) is 5.78. The van der Waals surface area contributed by atoms with Crippen molar-refractivity contribution in [2.75, 3.05) is 0 Å². The van der Waals surface area contributed by atoms with E-state index in [2.05, 4.69) is 9.71 Å². The lowest BCUT2D eigenvalue weighted by Crippen LogP contribution is -2.23. The monoisotopic (exact) mass is 311 g/mol. The lowest BCUT2D eigenvalue weighted by Gasteiger charge is -2.06. The number of aromatic nitrogens is 1. The van der Waals surface area contributed by atoms with Crippen molar-refractivity contribution in [3.8, 4) is 0 Å². The molecule has 1 N–H and O–H groups in total. The molecule has 1 aromatic heterocycles. The third-order valence-corrected chi connectivity index (χ3v) is 3.99. The Bertz CT molecular complexity index is 765. The van der Waals surface area contributed by atoms with Crippen LogP contribution in [0, 0.1) is 15.9 Å². The number of nitrogens with one attached hydrogen (secondary N) is 1. The second-order valence-electron chi connectivity index (χ2n) is 4.02. The maximum absolute atomic E-state index is 13.4. The minimum Gasteiger partial charge on any atom is -0.260 e. The summed E-state index contributed by atoms with van der Waals surface area (Å²) in [6.07, 6.45) is 1.51. The first-order valence-corrected chi connectivity index (χ1v) is 7.22. The van der Waals surface area contributed by atoms with Crippen LogP contribution in [-0.2, 0) is 16.6 Å². The predicted octanol–water partition coefficient (Wildman–Crippen LogP) is 1.61. The Morgan fingerprint density at radius 1 is 1.29 bits per heavy atom. The molecule has 1 heterocycles. The van der Waals surface area contributed by atoms with Gasteiger partial charge in [-0.3, -0.25) is 15.1 Å². The summed E-state index contributed by atoms with van der Waals surface area (Å²) in [6.45, 7) is -0.0677. The first-order valence-electron chi connectivity index (χ1n) is 5.73. The van der Waals surface area contributed by atoms with Crippen molar-refractivity contribution in [3.05, 3.63) is 64.2 Å². The second kappa shape index (κ2) is 5.94. The van der Waals surface area contributed by atoms with Gasteiger partial charge in [-0.1, -0.05) is 6.07 Å². The SMILES string of the molecule is O=[N+]([O-])c1ccc(S(=O)(=O)NCc2ccccn2)cc1F. The molecule has 0 aliphatic carbocycles. The van der Waals surface area contributed by atoms with Crippen LogP contribution in [-0.4, -0.2) is 18.3 Å². The predicted molar refractivity (Wildman–Crippen MR) is 71.3 cm³/mol. The van der Waals surface area contributed by atoms with Crippen molar-refractivity contribution in [1.82, 2.24) is 9.71 Å². The molecule has 0 atom stereocenters. The topological polar surface area (TPSA) is 102 Å². The number of nitro groups is 1. The van der Waals surface area contributed by atoms with Gasteiger partial charge >= 0.3 is 5.69 Å². The van der Waals surface area contributed by atoms with Crippen LogP contribution in [0.3, 0.4) is 0 Å². The molecule has 1 aromatic carbocycles. The highest BCUT2D eigenvalue weighted by Crippen LogP contribution is 2.20. The van der Waals surface area contributed by atoms with Crippen LogP contribution in [0.15, 0.2) is 47.5 Å². The van der Waals surface area contributed by atoms with Crippen LogP contribution >= 0.6 is 0 Å². The first kappa shape index (κ1) is 15.0. The molecule has 0 saturated heterocycles. The van der Waals surface area contributed by atoms with E-state index in [4.69, 9.17) is 0 Å². The minimum absolute atomic E-state index is 0.0677. The van der Waals surface area contributed by atoms with Gasteiger partial charge in [0, 0.05) is 18.3 Å². The Hall–Kier alpha value is -2.39. The number of benzene rings is 1. The zero-order valence-electron chi connectivity index (χ0n) is 10.6. The van der Waals surface area contributed by atoms with E-state index in [1.165, 1.54) is 6.20 Å². The van der Waals surface area contributed by atoms with Gasteiger partial charge in [-0.15, -0.1) is 0 Å². The number of halogens is 1. The molecule has 21 heavy (non-hydrogen) atoms. The van der Waals surface area contributed by atoms with Crippen molar-refractivity contribution in [2.24, 2.45) is 0 Å². The van der Waals surface area contributed by atoms with E-state index in [1.807, 2.05) is 0 Å². The molecule has 0 aliphatic heterocycles. The Balaban J connectivity index is 2.20. The molecule has 0 bridgehead atoms. The lowest BCUT2D eigenvalue weighted by atomic mass is 10.3. The maximum Gasteiger partial charge on any atom is 0.304 e. The fourth-order valence-corrected chi connectivity index (χ4v) is 2.57. The molecule has 0 aliphatic rings. The number of pyridine rings is 1. The minimum atomic E-state index is -3.98. The normalized spacial score (nSPS) is 11.3. The van der Waals surface area contributed by atoms with E-state index in [-0.39, 0.29) is 11.4 Å². The lowest BCUT2D eigenvalue weighted by molar-refractivity contribution is -0.387. The molecule has 9 heteroatoms. The van der Waals surface area contributed by atoms with E-state index < -0.39 is 26.5 Å². The Morgan fingerprint density at radius 2 is 2.05 bits per heavy atom. The Morgan fingerprint density at radius 3 is 2.62 bits per heavy atom. The largest absolute Gasteiger partial charge is 0.304 e. The summed E-state index contributed by atoms with van der Waals surface area (Å²) in [7, 11) is -3.98. The molecule has 0 saturated carbocycles. The summed E-state index contributed by atoms with van der Waals surface area (Å²) in [5.41, 5.74) is -0.290. The highest BCUT2D eigenvalue weighted by Gasteiger charge is 2.20. The quantitative estimate of drug-likeness (QED) is 0.667. The summed E-state index contributed by atoms with van der Waals surface area (Å²) < 4.78 is 39.6. The fourth-order valence-electron chi connectivity index (χ4n) is 1.56. The Labute approximate surface area is 119 Å². The van der Waals surface area contributed by atoms with Crippen molar-refractivity contribution in [3.63, 3.8) is 0 Å². The van der Waals surface area contributed by atoms with Gasteiger partial charge < -0.3 is 0 Å². The smallest absolute Gasteiger partial charge is 0.260 e. The van der Waals surface area contributed by atoms with Gasteiger partial charge in [0.15, 0.2) is 0 Å². The third kappa shape index (κ3) is 3.58. The Kier molecular flexibility index (Phi) is 4.24. The summed E-state index contributed by atoms with van der Waals surface area (Å²) in [5, 5.41) is 10.5. The molecular weight excluding hydrogens is 301 g/mol. The molecule has 110 valence electrons. The van der Waals surface area contributed by atoms with Crippen LogP contribution in [0.25, 0.3) is 0 Å². The molecule has 0 unspecified atom stereocenters. The van der Waals surface area contributed by atoms with Crippen LogP contribution in [0.5, 0.6) is 0 Å². The zero-order chi connectivity index (χ0) is 15.5. The fraction of sp³-hybridized carbons (Fsp3) is 0.0833. The first-order chi connectivity index (χ1) is 9.90. The van der Waals surface area contributed by atoms with Gasteiger partial charge in [-0.2, -0.15) is 4.39 Å². The van der Waals surface area contributed by atoms with Crippen molar-refractivity contribution in [1.29, 1.82) is 0 Å². The molecule has 2 rings (SSSR count). The molecule has 0 amide bonds. The summed E-state index contributed by atoms with van der Waals surface area (Å²) >= 11 is 0. The van der Waals surface area contributed by atoms with Crippen LogP contribution < -0.4 is 4.72 Å². The zero-order valence-corrected chi connectivity index (χ0v) is 11.4. The van der Waals surface area contributed by atoms with Gasteiger partial charge in [0.2, 0.25) is 15.8 Å². The number of nitro benzene ring substituents is 1.